The van der Waals surface area contributed by atoms with Crippen molar-refractivity contribution in [2.24, 2.45) is 0 Å². The smallest absolute Gasteiger partial charge is 0.215 e. The molecule has 1 heterocycles. The molecule has 0 aromatic carbocycles. The Morgan fingerprint density at radius 3 is 2.50 bits per heavy atom. The second-order valence-electron chi connectivity index (χ2n) is 1.38. The maximum Gasteiger partial charge on any atom is 0.215 e. The van der Waals surface area contributed by atoms with Crippen LogP contribution in [-0.4, -0.2) is 25.3 Å². The fourth-order valence-corrected chi connectivity index (χ4v) is 1.10. The van der Waals surface area contributed by atoms with Crippen LogP contribution in [0.1, 0.15) is 0 Å². The van der Waals surface area contributed by atoms with Gasteiger partial charge in [-0.1, -0.05) is 8.58 Å². The first-order chi connectivity index (χ1) is 3.93. The minimum atomic E-state index is -0.587. The van der Waals surface area contributed by atoms with E-state index in [1.165, 1.54) is 0 Å². The lowest BCUT2D eigenvalue weighted by molar-refractivity contribution is -0.151. The molecule has 0 radical (unpaired) electrons. The minimum Gasteiger partial charge on any atom is -0.342 e. The molecule has 1 saturated heterocycles. The van der Waals surface area contributed by atoms with Crippen molar-refractivity contribution in [3.8, 4) is 0 Å². The predicted octanol–water partition coefficient (Wildman–Crippen LogP) is 0.152. The molecule has 1 aliphatic rings. The summed E-state index contributed by atoms with van der Waals surface area (Å²) in [6, 6.07) is 0. The first kappa shape index (κ1) is 6.14. The predicted molar refractivity (Wildman–Crippen MR) is 30.1 cm³/mol. The van der Waals surface area contributed by atoms with E-state index in [0.717, 1.165) is 0 Å². The van der Waals surface area contributed by atoms with Gasteiger partial charge in [-0.15, -0.1) is 0 Å². The van der Waals surface area contributed by atoms with Gasteiger partial charge in [-0.05, 0) is 0 Å². The molecule has 0 spiro atoms. The molecule has 1 fully saturated rings. The highest BCUT2D eigenvalue weighted by molar-refractivity contribution is 7.37. The van der Waals surface area contributed by atoms with Crippen molar-refractivity contribution >= 4 is 14.9 Å². The van der Waals surface area contributed by atoms with E-state index in [2.05, 4.69) is 0 Å². The van der Waals surface area contributed by atoms with Gasteiger partial charge in [-0.3, -0.25) is 4.79 Å². The molecule has 0 N–H and O–H groups in total. The highest BCUT2D eigenvalue weighted by Crippen LogP contribution is 2.17. The van der Waals surface area contributed by atoms with Crippen molar-refractivity contribution in [2.45, 2.75) is 6.29 Å². The zero-order chi connectivity index (χ0) is 5.82. The van der Waals surface area contributed by atoms with Crippen LogP contribution in [0.25, 0.3) is 0 Å². The van der Waals surface area contributed by atoms with Gasteiger partial charge in [0.1, 0.15) is 0 Å². The lowest BCUT2D eigenvalue weighted by atomic mass is 10.7. The molecule has 1 aliphatic heterocycles. The van der Waals surface area contributed by atoms with Crippen LogP contribution in [0.4, 0.5) is 0 Å². The maximum atomic E-state index is 9.91. The van der Waals surface area contributed by atoms with Crippen molar-refractivity contribution < 1.29 is 14.3 Å². The number of ether oxygens (including phenoxy) is 2. The van der Waals surface area contributed by atoms with Crippen LogP contribution in [-0.2, 0) is 14.3 Å². The molecule has 4 heteroatoms. The Hall–Kier alpha value is 0.0200. The Bertz CT molecular complexity index is 79.4. The van der Waals surface area contributed by atoms with Crippen LogP contribution in [0.2, 0.25) is 0 Å². The van der Waals surface area contributed by atoms with Crippen LogP contribution in [0.15, 0.2) is 0 Å². The Morgan fingerprint density at radius 2 is 2.12 bits per heavy atom. The summed E-state index contributed by atoms with van der Waals surface area (Å²) in [6.07, 6.45) is 1.42. The molecule has 8 heavy (non-hydrogen) atoms. The number of hydrogen-bond donors (Lipinski definition) is 0. The Balaban J connectivity index is 2.22. The van der Waals surface area contributed by atoms with E-state index in [4.69, 9.17) is 9.47 Å². The fourth-order valence-electron chi connectivity index (χ4n) is 0.450. The number of hydrogen-bond acceptors (Lipinski definition) is 3. The van der Waals surface area contributed by atoms with Crippen LogP contribution in [0, 0.1) is 0 Å². The SMILES string of the molecule is O=CC1OCPCO1. The molecule has 46 valence electrons. The van der Waals surface area contributed by atoms with Gasteiger partial charge >= 0.3 is 0 Å². The molecule has 0 aliphatic carbocycles. The maximum absolute atomic E-state index is 9.91. The summed E-state index contributed by atoms with van der Waals surface area (Å²) >= 11 is 0. The van der Waals surface area contributed by atoms with E-state index < -0.39 is 6.29 Å². The van der Waals surface area contributed by atoms with Gasteiger partial charge in [0.25, 0.3) is 0 Å². The van der Waals surface area contributed by atoms with E-state index in [-0.39, 0.29) is 0 Å². The Morgan fingerprint density at radius 1 is 1.50 bits per heavy atom. The number of rotatable bonds is 1. The second kappa shape index (κ2) is 3.13. The summed E-state index contributed by atoms with van der Waals surface area (Å²) in [6.45, 7) is 0. The summed E-state index contributed by atoms with van der Waals surface area (Å²) in [5.41, 5.74) is 0. The minimum absolute atomic E-state index is 0.587. The highest BCUT2D eigenvalue weighted by Gasteiger charge is 2.10. The summed E-state index contributed by atoms with van der Waals surface area (Å²) in [4.78, 5) is 9.91. The van der Waals surface area contributed by atoms with Crippen molar-refractivity contribution in [3.05, 3.63) is 0 Å². The third-order valence-corrected chi connectivity index (χ3v) is 1.55. The van der Waals surface area contributed by atoms with Gasteiger partial charge < -0.3 is 9.47 Å². The van der Waals surface area contributed by atoms with Gasteiger partial charge in [0.2, 0.25) is 6.29 Å². The number of aldehydes is 1. The summed E-state index contributed by atoms with van der Waals surface area (Å²) in [7, 11) is 0.687. The van der Waals surface area contributed by atoms with Crippen LogP contribution in [0.3, 0.4) is 0 Å². The molecule has 0 bridgehead atoms. The normalized spacial score (nSPS) is 32.8. The molecule has 0 aromatic rings. The van der Waals surface area contributed by atoms with Crippen LogP contribution in [0.5, 0.6) is 0 Å². The van der Waals surface area contributed by atoms with Gasteiger partial charge in [0.15, 0.2) is 6.29 Å². The lowest BCUT2D eigenvalue weighted by Gasteiger charge is -2.17. The molecule has 3 nitrogen and oxygen atoms in total. The van der Waals surface area contributed by atoms with E-state index in [1.807, 2.05) is 0 Å². The van der Waals surface area contributed by atoms with Gasteiger partial charge in [0, 0.05) is 0 Å². The largest absolute Gasteiger partial charge is 0.342 e. The third-order valence-electron chi connectivity index (χ3n) is 0.810. The molecule has 1 rings (SSSR count). The van der Waals surface area contributed by atoms with Crippen molar-refractivity contribution in [3.63, 3.8) is 0 Å². The van der Waals surface area contributed by atoms with E-state index in [0.29, 0.717) is 27.6 Å². The summed E-state index contributed by atoms with van der Waals surface area (Å²) in [5, 5.41) is 0. The molecule has 0 unspecified atom stereocenters. The monoisotopic (exact) mass is 134 g/mol. The quantitative estimate of drug-likeness (QED) is 0.378. The Labute approximate surface area is 49.1 Å². The molecular formula is C4H7O3P. The first-order valence-electron chi connectivity index (χ1n) is 2.32. The van der Waals surface area contributed by atoms with E-state index >= 15 is 0 Å². The molecule has 0 amide bonds. The van der Waals surface area contributed by atoms with Crippen LogP contribution < -0.4 is 0 Å². The van der Waals surface area contributed by atoms with Crippen molar-refractivity contribution in [1.82, 2.24) is 0 Å². The van der Waals surface area contributed by atoms with Crippen LogP contribution >= 0.6 is 8.58 Å². The van der Waals surface area contributed by atoms with E-state index in [1.54, 1.807) is 0 Å². The number of carbonyl (C=O) groups excluding carboxylic acids is 1. The molecular weight excluding hydrogens is 127 g/mol. The molecule has 0 aromatic heterocycles. The zero-order valence-corrected chi connectivity index (χ0v) is 5.29. The van der Waals surface area contributed by atoms with E-state index in [9.17, 15) is 4.79 Å². The topological polar surface area (TPSA) is 35.5 Å². The van der Waals surface area contributed by atoms with Gasteiger partial charge in [-0.2, -0.15) is 0 Å². The number of carbonyl (C=O) groups is 1. The lowest BCUT2D eigenvalue weighted by Crippen LogP contribution is -2.21. The van der Waals surface area contributed by atoms with Gasteiger partial charge in [-0.25, -0.2) is 0 Å². The first-order valence-corrected chi connectivity index (χ1v) is 3.74. The molecule has 0 saturated carbocycles. The molecule has 0 atom stereocenters. The van der Waals surface area contributed by atoms with Crippen molar-refractivity contribution in [1.29, 1.82) is 0 Å². The summed E-state index contributed by atoms with van der Waals surface area (Å²) in [5.74, 6) is 0. The Kier molecular flexibility index (Phi) is 2.40. The average molecular weight is 134 g/mol. The summed E-state index contributed by atoms with van der Waals surface area (Å²) < 4.78 is 9.70. The zero-order valence-electron chi connectivity index (χ0n) is 4.29. The third kappa shape index (κ3) is 1.51. The van der Waals surface area contributed by atoms with Gasteiger partial charge in [0.05, 0.1) is 12.7 Å². The second-order valence-corrected chi connectivity index (χ2v) is 2.45. The highest BCUT2D eigenvalue weighted by atomic mass is 31.1. The van der Waals surface area contributed by atoms with Crippen molar-refractivity contribution in [2.75, 3.05) is 12.7 Å². The standard InChI is InChI=1S/C4H7O3P/c5-1-4-6-2-8-3-7-4/h1,4,8H,2-3H2. The fraction of sp³-hybridized carbons (Fsp3) is 0.750. The average Bonchev–Trinajstić information content (AvgIpc) is 1.90.